The summed E-state index contributed by atoms with van der Waals surface area (Å²) >= 11 is 0. The molecule has 0 aliphatic rings. The fourth-order valence-corrected chi connectivity index (χ4v) is 1.97. The van der Waals surface area contributed by atoms with Gasteiger partial charge in [-0.15, -0.1) is 0 Å². The first-order valence-corrected chi connectivity index (χ1v) is 7.66. The molecule has 0 aliphatic carbocycles. The summed E-state index contributed by atoms with van der Waals surface area (Å²) in [5.41, 5.74) is 1.33. The minimum Gasteiger partial charge on any atom is -0.379 e. The van der Waals surface area contributed by atoms with E-state index in [1.165, 1.54) is 5.56 Å². The SMILES string of the molecule is CCN(CCNCCCOC(C)C)Cc1ccncc1. The van der Waals surface area contributed by atoms with Crippen molar-refractivity contribution in [1.29, 1.82) is 0 Å². The summed E-state index contributed by atoms with van der Waals surface area (Å²) in [5.74, 6) is 0. The first kappa shape index (κ1) is 17.1. The molecule has 0 aliphatic heterocycles. The van der Waals surface area contributed by atoms with Crippen molar-refractivity contribution in [2.24, 2.45) is 0 Å². The summed E-state index contributed by atoms with van der Waals surface area (Å²) in [7, 11) is 0. The number of rotatable bonds is 11. The molecule has 1 aromatic rings. The zero-order chi connectivity index (χ0) is 14.6. The molecule has 1 N–H and O–H groups in total. The van der Waals surface area contributed by atoms with Gasteiger partial charge >= 0.3 is 0 Å². The van der Waals surface area contributed by atoms with E-state index in [1.807, 2.05) is 12.4 Å². The molecule has 4 heteroatoms. The molecule has 0 saturated heterocycles. The molecule has 0 aromatic carbocycles. The van der Waals surface area contributed by atoms with Crippen LogP contribution in [-0.4, -0.2) is 48.8 Å². The maximum atomic E-state index is 5.51. The second-order valence-corrected chi connectivity index (χ2v) is 5.25. The van der Waals surface area contributed by atoms with Gasteiger partial charge in [0.25, 0.3) is 0 Å². The van der Waals surface area contributed by atoms with Gasteiger partial charge in [-0.05, 0) is 51.1 Å². The quantitative estimate of drug-likeness (QED) is 0.631. The smallest absolute Gasteiger partial charge is 0.0518 e. The van der Waals surface area contributed by atoms with Crippen molar-refractivity contribution in [3.8, 4) is 0 Å². The Labute approximate surface area is 123 Å². The van der Waals surface area contributed by atoms with Crippen LogP contribution in [0.25, 0.3) is 0 Å². The number of hydrogen-bond donors (Lipinski definition) is 1. The van der Waals surface area contributed by atoms with Gasteiger partial charge in [-0.2, -0.15) is 0 Å². The molecule has 0 radical (unpaired) electrons. The number of aromatic nitrogens is 1. The Morgan fingerprint density at radius 3 is 2.65 bits per heavy atom. The van der Waals surface area contributed by atoms with Crippen LogP contribution in [0.15, 0.2) is 24.5 Å². The van der Waals surface area contributed by atoms with Gasteiger partial charge < -0.3 is 10.1 Å². The van der Waals surface area contributed by atoms with E-state index in [-0.39, 0.29) is 0 Å². The Balaban J connectivity index is 2.07. The van der Waals surface area contributed by atoms with Crippen molar-refractivity contribution in [2.75, 3.05) is 32.8 Å². The van der Waals surface area contributed by atoms with E-state index in [2.05, 4.69) is 48.1 Å². The van der Waals surface area contributed by atoms with Crippen LogP contribution in [0.1, 0.15) is 32.8 Å². The monoisotopic (exact) mass is 279 g/mol. The molecule has 1 heterocycles. The highest BCUT2D eigenvalue weighted by Gasteiger charge is 2.03. The van der Waals surface area contributed by atoms with Gasteiger partial charge in [0.05, 0.1) is 6.10 Å². The van der Waals surface area contributed by atoms with Crippen LogP contribution in [0.5, 0.6) is 0 Å². The molecule has 0 fully saturated rings. The van der Waals surface area contributed by atoms with Gasteiger partial charge in [0.1, 0.15) is 0 Å². The van der Waals surface area contributed by atoms with Crippen molar-refractivity contribution >= 4 is 0 Å². The average Bonchev–Trinajstić information content (AvgIpc) is 2.45. The number of hydrogen-bond acceptors (Lipinski definition) is 4. The lowest BCUT2D eigenvalue weighted by Gasteiger charge is -2.20. The van der Waals surface area contributed by atoms with E-state index in [0.29, 0.717) is 6.10 Å². The predicted molar refractivity (Wildman–Crippen MR) is 83.8 cm³/mol. The Morgan fingerprint density at radius 2 is 2.00 bits per heavy atom. The van der Waals surface area contributed by atoms with Crippen LogP contribution in [0.2, 0.25) is 0 Å². The third-order valence-electron chi connectivity index (χ3n) is 3.16. The van der Waals surface area contributed by atoms with Crippen LogP contribution in [0.3, 0.4) is 0 Å². The summed E-state index contributed by atoms with van der Waals surface area (Å²) in [4.78, 5) is 6.49. The van der Waals surface area contributed by atoms with Crippen LogP contribution in [-0.2, 0) is 11.3 Å². The van der Waals surface area contributed by atoms with Crippen LogP contribution in [0, 0.1) is 0 Å². The predicted octanol–water partition coefficient (Wildman–Crippen LogP) is 2.31. The summed E-state index contributed by atoms with van der Waals surface area (Å²) in [6.45, 7) is 12.4. The minimum atomic E-state index is 0.339. The summed E-state index contributed by atoms with van der Waals surface area (Å²) in [5, 5.41) is 3.48. The fraction of sp³-hybridized carbons (Fsp3) is 0.688. The lowest BCUT2D eigenvalue weighted by Crippen LogP contribution is -2.32. The molecule has 0 spiro atoms. The summed E-state index contributed by atoms with van der Waals surface area (Å²) in [6.07, 6.45) is 5.13. The minimum absolute atomic E-state index is 0.339. The highest BCUT2D eigenvalue weighted by atomic mass is 16.5. The molecule has 0 saturated carbocycles. The Bertz CT molecular complexity index is 330. The molecule has 1 aromatic heterocycles. The molecule has 20 heavy (non-hydrogen) atoms. The molecular weight excluding hydrogens is 250 g/mol. The zero-order valence-corrected chi connectivity index (χ0v) is 13.1. The highest BCUT2D eigenvalue weighted by molar-refractivity contribution is 5.09. The molecule has 0 bridgehead atoms. The van der Waals surface area contributed by atoms with Crippen LogP contribution in [0.4, 0.5) is 0 Å². The fourth-order valence-electron chi connectivity index (χ4n) is 1.97. The second-order valence-electron chi connectivity index (χ2n) is 5.25. The van der Waals surface area contributed by atoms with Crippen LogP contribution >= 0.6 is 0 Å². The molecule has 0 unspecified atom stereocenters. The van der Waals surface area contributed by atoms with Crippen molar-refractivity contribution in [1.82, 2.24) is 15.2 Å². The molecule has 0 atom stereocenters. The number of pyridine rings is 1. The van der Waals surface area contributed by atoms with Gasteiger partial charge in [-0.3, -0.25) is 9.88 Å². The number of ether oxygens (including phenoxy) is 1. The van der Waals surface area contributed by atoms with E-state index in [4.69, 9.17) is 4.74 Å². The van der Waals surface area contributed by atoms with Crippen molar-refractivity contribution < 1.29 is 4.74 Å². The largest absolute Gasteiger partial charge is 0.379 e. The van der Waals surface area contributed by atoms with E-state index in [0.717, 1.165) is 45.8 Å². The van der Waals surface area contributed by atoms with Crippen molar-refractivity contribution in [3.05, 3.63) is 30.1 Å². The molecular formula is C16H29N3O. The lowest BCUT2D eigenvalue weighted by molar-refractivity contribution is 0.0770. The normalized spacial score (nSPS) is 11.4. The molecule has 1 rings (SSSR count). The van der Waals surface area contributed by atoms with Gasteiger partial charge in [0.15, 0.2) is 0 Å². The second kappa shape index (κ2) is 10.8. The summed E-state index contributed by atoms with van der Waals surface area (Å²) in [6, 6.07) is 4.17. The summed E-state index contributed by atoms with van der Waals surface area (Å²) < 4.78 is 5.51. The topological polar surface area (TPSA) is 37.4 Å². The van der Waals surface area contributed by atoms with Gasteiger partial charge in [0.2, 0.25) is 0 Å². The van der Waals surface area contributed by atoms with Gasteiger partial charge in [-0.25, -0.2) is 0 Å². The Hall–Kier alpha value is -0.970. The van der Waals surface area contributed by atoms with Gasteiger partial charge in [-0.1, -0.05) is 6.92 Å². The van der Waals surface area contributed by atoms with E-state index in [9.17, 15) is 0 Å². The Morgan fingerprint density at radius 1 is 1.25 bits per heavy atom. The third-order valence-corrected chi connectivity index (χ3v) is 3.16. The van der Waals surface area contributed by atoms with E-state index < -0.39 is 0 Å². The third kappa shape index (κ3) is 8.25. The van der Waals surface area contributed by atoms with E-state index >= 15 is 0 Å². The number of likely N-dealkylation sites (N-methyl/N-ethyl adjacent to an activating group) is 1. The highest BCUT2D eigenvalue weighted by Crippen LogP contribution is 2.02. The van der Waals surface area contributed by atoms with Crippen molar-refractivity contribution in [2.45, 2.75) is 39.8 Å². The number of nitrogens with zero attached hydrogens (tertiary/aromatic N) is 2. The first-order valence-electron chi connectivity index (χ1n) is 7.66. The van der Waals surface area contributed by atoms with E-state index in [1.54, 1.807) is 0 Å². The Kier molecular flexibility index (Phi) is 9.20. The van der Waals surface area contributed by atoms with Crippen molar-refractivity contribution in [3.63, 3.8) is 0 Å². The van der Waals surface area contributed by atoms with Crippen LogP contribution < -0.4 is 5.32 Å². The molecule has 114 valence electrons. The van der Waals surface area contributed by atoms with Gasteiger partial charge in [0, 0.05) is 38.6 Å². The lowest BCUT2D eigenvalue weighted by atomic mass is 10.2. The maximum Gasteiger partial charge on any atom is 0.0518 e. The number of nitrogens with one attached hydrogen (secondary N) is 1. The maximum absolute atomic E-state index is 5.51. The first-order chi connectivity index (χ1) is 9.72. The molecule has 4 nitrogen and oxygen atoms in total. The standard InChI is InChI=1S/C16H29N3O/c1-4-19(14-16-6-9-18-10-7-16)12-11-17-8-5-13-20-15(2)3/h6-7,9-10,15,17H,4-5,8,11-14H2,1-3H3. The zero-order valence-electron chi connectivity index (χ0n) is 13.1. The molecule has 0 amide bonds. The average molecular weight is 279 g/mol.